The average molecular weight is 239 g/mol. The van der Waals surface area contributed by atoms with E-state index in [1.165, 1.54) is 6.07 Å². The van der Waals surface area contributed by atoms with Crippen LogP contribution in [-0.2, 0) is 6.54 Å². The van der Waals surface area contributed by atoms with Crippen molar-refractivity contribution in [2.45, 2.75) is 39.3 Å². The van der Waals surface area contributed by atoms with Crippen molar-refractivity contribution in [3.63, 3.8) is 0 Å². The molecule has 0 aromatic heterocycles. The molecule has 0 saturated heterocycles. The van der Waals surface area contributed by atoms with Gasteiger partial charge in [-0.05, 0) is 12.0 Å². The molecule has 3 heteroatoms. The Balaban J connectivity index is 2.35. The van der Waals surface area contributed by atoms with Crippen molar-refractivity contribution in [2.24, 2.45) is 5.92 Å². The van der Waals surface area contributed by atoms with Crippen molar-refractivity contribution >= 4 is 0 Å². The van der Waals surface area contributed by atoms with E-state index in [-0.39, 0.29) is 11.9 Å². The first-order valence-electron chi connectivity index (χ1n) is 6.31. The summed E-state index contributed by atoms with van der Waals surface area (Å²) in [5, 5.41) is 13.0. The molecule has 2 N–H and O–H groups in total. The predicted octanol–water partition coefficient (Wildman–Crippen LogP) is 2.71. The van der Waals surface area contributed by atoms with Gasteiger partial charge < -0.3 is 10.4 Å². The van der Waals surface area contributed by atoms with E-state index in [1.54, 1.807) is 12.1 Å². The first-order chi connectivity index (χ1) is 8.19. The molecular weight excluding hydrogens is 217 g/mol. The van der Waals surface area contributed by atoms with Crippen LogP contribution < -0.4 is 5.32 Å². The van der Waals surface area contributed by atoms with Crippen molar-refractivity contribution in [2.75, 3.05) is 6.54 Å². The first-order valence-corrected chi connectivity index (χ1v) is 6.31. The zero-order chi connectivity index (χ0) is 12.7. The molecule has 1 aromatic carbocycles. The van der Waals surface area contributed by atoms with Gasteiger partial charge in [0, 0.05) is 18.7 Å². The Kier molecular flexibility index (Phi) is 6.16. The number of halogens is 1. The Bertz CT molecular complexity index is 326. The number of nitrogens with one attached hydrogen (secondary N) is 1. The summed E-state index contributed by atoms with van der Waals surface area (Å²) in [5.41, 5.74) is 0.643. The van der Waals surface area contributed by atoms with Crippen LogP contribution in [0.5, 0.6) is 0 Å². The lowest BCUT2D eigenvalue weighted by atomic mass is 9.96. The highest BCUT2D eigenvalue weighted by molar-refractivity contribution is 5.16. The lowest BCUT2D eigenvalue weighted by Gasteiger charge is -2.20. The summed E-state index contributed by atoms with van der Waals surface area (Å²) in [6.45, 7) is 5.13. The highest BCUT2D eigenvalue weighted by atomic mass is 19.1. The third-order valence-electron chi connectivity index (χ3n) is 3.22. The Labute approximate surface area is 103 Å². The number of aliphatic hydroxyl groups is 1. The molecule has 0 fully saturated rings. The van der Waals surface area contributed by atoms with Crippen LogP contribution >= 0.6 is 0 Å². The number of rotatable bonds is 7. The van der Waals surface area contributed by atoms with Gasteiger partial charge in [0.25, 0.3) is 0 Å². The van der Waals surface area contributed by atoms with Crippen LogP contribution in [0.1, 0.15) is 32.3 Å². The molecule has 0 spiro atoms. The van der Waals surface area contributed by atoms with E-state index in [0.29, 0.717) is 24.6 Å². The molecule has 1 rings (SSSR count). The minimum absolute atomic E-state index is 0.197. The second-order valence-corrected chi connectivity index (χ2v) is 4.37. The normalized spacial score (nSPS) is 13.0. The predicted molar refractivity (Wildman–Crippen MR) is 68.2 cm³/mol. The minimum Gasteiger partial charge on any atom is -0.392 e. The molecule has 0 aliphatic heterocycles. The number of aliphatic hydroxyl groups excluding tert-OH is 1. The van der Waals surface area contributed by atoms with E-state index in [0.717, 1.165) is 12.8 Å². The summed E-state index contributed by atoms with van der Waals surface area (Å²) < 4.78 is 13.3. The zero-order valence-electron chi connectivity index (χ0n) is 10.6. The Morgan fingerprint density at radius 3 is 2.47 bits per heavy atom. The monoisotopic (exact) mass is 239 g/mol. The number of hydrogen-bond donors (Lipinski definition) is 2. The van der Waals surface area contributed by atoms with E-state index >= 15 is 0 Å². The van der Waals surface area contributed by atoms with Crippen LogP contribution in [0.2, 0.25) is 0 Å². The number of hydrogen-bond acceptors (Lipinski definition) is 2. The fourth-order valence-electron chi connectivity index (χ4n) is 2.00. The topological polar surface area (TPSA) is 32.3 Å². The van der Waals surface area contributed by atoms with Gasteiger partial charge in [-0.2, -0.15) is 0 Å². The lowest BCUT2D eigenvalue weighted by molar-refractivity contribution is 0.101. The molecule has 0 aliphatic carbocycles. The maximum Gasteiger partial charge on any atom is 0.127 e. The second-order valence-electron chi connectivity index (χ2n) is 4.37. The number of benzene rings is 1. The first kappa shape index (κ1) is 14.1. The maximum atomic E-state index is 13.3. The third kappa shape index (κ3) is 4.44. The Morgan fingerprint density at radius 2 is 1.88 bits per heavy atom. The van der Waals surface area contributed by atoms with E-state index in [2.05, 4.69) is 19.2 Å². The largest absolute Gasteiger partial charge is 0.392 e. The highest BCUT2D eigenvalue weighted by Crippen LogP contribution is 2.12. The van der Waals surface area contributed by atoms with Crippen LogP contribution in [0.15, 0.2) is 24.3 Å². The summed E-state index contributed by atoms with van der Waals surface area (Å²) in [6, 6.07) is 6.70. The summed E-state index contributed by atoms with van der Waals surface area (Å²) in [5.74, 6) is 0.125. The molecule has 0 amide bonds. The van der Waals surface area contributed by atoms with Gasteiger partial charge in [0.1, 0.15) is 5.82 Å². The van der Waals surface area contributed by atoms with Crippen molar-refractivity contribution in [3.8, 4) is 0 Å². The van der Waals surface area contributed by atoms with Gasteiger partial charge in [-0.25, -0.2) is 4.39 Å². The van der Waals surface area contributed by atoms with Crippen molar-refractivity contribution in [1.29, 1.82) is 0 Å². The van der Waals surface area contributed by atoms with E-state index in [1.807, 2.05) is 6.07 Å². The summed E-state index contributed by atoms with van der Waals surface area (Å²) in [6.07, 6.45) is 1.59. The van der Waals surface area contributed by atoms with Crippen molar-refractivity contribution in [1.82, 2.24) is 5.32 Å². The molecule has 96 valence electrons. The van der Waals surface area contributed by atoms with Crippen LogP contribution in [0.3, 0.4) is 0 Å². The van der Waals surface area contributed by atoms with Crippen molar-refractivity contribution < 1.29 is 9.50 Å². The van der Waals surface area contributed by atoms with Gasteiger partial charge in [0.2, 0.25) is 0 Å². The van der Waals surface area contributed by atoms with Gasteiger partial charge in [-0.15, -0.1) is 0 Å². The quantitative estimate of drug-likeness (QED) is 0.767. The molecule has 0 heterocycles. The molecule has 0 saturated carbocycles. The SMILES string of the molecule is CCC(CC)C(O)CNCc1ccccc1F. The standard InChI is InChI=1S/C14H22FNO/c1-3-11(4-2)14(17)10-16-9-12-7-5-6-8-13(12)15/h5-8,11,14,16-17H,3-4,9-10H2,1-2H3. The molecule has 0 bridgehead atoms. The van der Waals surface area contributed by atoms with Gasteiger partial charge in [-0.3, -0.25) is 0 Å². The average Bonchev–Trinajstić information content (AvgIpc) is 2.33. The van der Waals surface area contributed by atoms with Crippen LogP contribution in [0.4, 0.5) is 4.39 Å². The zero-order valence-corrected chi connectivity index (χ0v) is 10.6. The van der Waals surface area contributed by atoms with E-state index in [9.17, 15) is 9.50 Å². The van der Waals surface area contributed by atoms with Gasteiger partial charge in [0.05, 0.1) is 6.10 Å². The fraction of sp³-hybridized carbons (Fsp3) is 0.571. The van der Waals surface area contributed by atoms with Crippen LogP contribution in [0.25, 0.3) is 0 Å². The molecule has 2 nitrogen and oxygen atoms in total. The third-order valence-corrected chi connectivity index (χ3v) is 3.22. The molecule has 1 atom stereocenters. The van der Waals surface area contributed by atoms with Gasteiger partial charge in [-0.1, -0.05) is 44.9 Å². The molecular formula is C14H22FNO. The molecule has 1 aromatic rings. The van der Waals surface area contributed by atoms with Gasteiger partial charge in [0.15, 0.2) is 0 Å². The second kappa shape index (κ2) is 7.41. The van der Waals surface area contributed by atoms with Crippen molar-refractivity contribution in [3.05, 3.63) is 35.6 Å². The molecule has 0 radical (unpaired) electrons. The Morgan fingerprint density at radius 1 is 1.24 bits per heavy atom. The smallest absolute Gasteiger partial charge is 0.127 e. The molecule has 1 unspecified atom stereocenters. The Hall–Kier alpha value is -0.930. The van der Waals surface area contributed by atoms with E-state index < -0.39 is 0 Å². The summed E-state index contributed by atoms with van der Waals surface area (Å²) in [7, 11) is 0. The molecule has 17 heavy (non-hydrogen) atoms. The summed E-state index contributed by atoms with van der Waals surface area (Å²) in [4.78, 5) is 0. The molecule has 0 aliphatic rings. The van der Waals surface area contributed by atoms with E-state index in [4.69, 9.17) is 0 Å². The summed E-state index contributed by atoms with van der Waals surface area (Å²) >= 11 is 0. The van der Waals surface area contributed by atoms with Crippen LogP contribution in [0, 0.1) is 11.7 Å². The highest BCUT2D eigenvalue weighted by Gasteiger charge is 2.14. The fourth-order valence-corrected chi connectivity index (χ4v) is 2.00. The minimum atomic E-state index is -0.350. The van der Waals surface area contributed by atoms with Crippen LogP contribution in [-0.4, -0.2) is 17.8 Å². The lowest BCUT2D eigenvalue weighted by Crippen LogP contribution is -2.32. The maximum absolute atomic E-state index is 13.3. The van der Waals surface area contributed by atoms with Gasteiger partial charge >= 0.3 is 0 Å².